The zero-order chi connectivity index (χ0) is 17.7. The van der Waals surface area contributed by atoms with Gasteiger partial charge in [0.05, 0.1) is 17.2 Å². The lowest BCUT2D eigenvalue weighted by Gasteiger charge is -2.14. The van der Waals surface area contributed by atoms with E-state index in [4.69, 9.17) is 5.26 Å². The molecule has 0 aliphatic heterocycles. The topological polar surface area (TPSA) is 82.8 Å². The summed E-state index contributed by atoms with van der Waals surface area (Å²) in [6.45, 7) is 5.49. The maximum atomic E-state index is 12.4. The summed E-state index contributed by atoms with van der Waals surface area (Å²) in [6, 6.07) is 10.7. The summed E-state index contributed by atoms with van der Waals surface area (Å²) in [7, 11) is 0. The Morgan fingerprint density at radius 3 is 2.38 bits per heavy atom. The quantitative estimate of drug-likeness (QED) is 0.854. The van der Waals surface area contributed by atoms with E-state index in [1.165, 1.54) is 12.4 Å². The fourth-order valence-corrected chi connectivity index (χ4v) is 2.25. The van der Waals surface area contributed by atoms with Crippen molar-refractivity contribution in [1.29, 1.82) is 5.26 Å². The number of ketones is 1. The third-order valence-corrected chi connectivity index (χ3v) is 3.81. The van der Waals surface area contributed by atoms with Crippen molar-refractivity contribution in [2.75, 3.05) is 5.32 Å². The normalized spacial score (nSPS) is 11.6. The average Bonchev–Trinajstić information content (AvgIpc) is 2.60. The molecular formula is C19H19N3O2. The molecule has 1 amide bonds. The summed E-state index contributed by atoms with van der Waals surface area (Å²) in [5.41, 5.74) is 2.20. The fraction of sp³-hybridized carbons (Fsp3) is 0.263. The number of benzene rings is 1. The first-order valence-electron chi connectivity index (χ1n) is 7.73. The average molecular weight is 321 g/mol. The highest BCUT2D eigenvalue weighted by atomic mass is 16.2. The number of hydrogen-bond donors (Lipinski definition) is 1. The van der Waals surface area contributed by atoms with Crippen molar-refractivity contribution in [3.63, 3.8) is 0 Å². The van der Waals surface area contributed by atoms with E-state index in [0.717, 1.165) is 5.56 Å². The Balaban J connectivity index is 2.13. The summed E-state index contributed by atoms with van der Waals surface area (Å²) in [5.74, 6) is -0.615. The van der Waals surface area contributed by atoms with Crippen LogP contribution in [0.5, 0.6) is 0 Å². The number of nitrogens with one attached hydrogen (secondary N) is 1. The Morgan fingerprint density at radius 2 is 1.79 bits per heavy atom. The van der Waals surface area contributed by atoms with Crippen molar-refractivity contribution >= 4 is 17.4 Å². The minimum Gasteiger partial charge on any atom is -0.324 e. The molecular weight excluding hydrogens is 302 g/mol. The summed E-state index contributed by atoms with van der Waals surface area (Å²) >= 11 is 0. The van der Waals surface area contributed by atoms with E-state index >= 15 is 0 Å². The molecule has 0 fully saturated rings. The van der Waals surface area contributed by atoms with Gasteiger partial charge in [-0.3, -0.25) is 14.6 Å². The highest BCUT2D eigenvalue weighted by Crippen LogP contribution is 2.21. The predicted octanol–water partition coefficient (Wildman–Crippen LogP) is 3.53. The van der Waals surface area contributed by atoms with Gasteiger partial charge in [-0.05, 0) is 18.6 Å². The maximum Gasteiger partial charge on any atom is 0.231 e. The summed E-state index contributed by atoms with van der Waals surface area (Å²) in [6.07, 6.45) is 2.93. The monoisotopic (exact) mass is 321 g/mol. The number of carbonyl (C=O) groups excluding carboxylic acids is 2. The molecule has 0 saturated carbocycles. The summed E-state index contributed by atoms with van der Waals surface area (Å²) in [4.78, 5) is 28.2. The molecule has 0 bridgehead atoms. The smallest absolute Gasteiger partial charge is 0.231 e. The summed E-state index contributed by atoms with van der Waals surface area (Å²) < 4.78 is 0. The number of anilines is 1. The standard InChI is InChI=1S/C19H19N3O2/c1-12(2)18(23)15-6-4-14(5-7-15)13(3)19(24)22-17-8-9-21-11-16(17)10-20/h4-9,11-13H,1-3H3,(H,21,22,24). The largest absolute Gasteiger partial charge is 0.324 e. The van der Waals surface area contributed by atoms with E-state index in [-0.39, 0.29) is 17.6 Å². The predicted molar refractivity (Wildman–Crippen MR) is 91.6 cm³/mol. The number of nitriles is 1. The van der Waals surface area contributed by atoms with Crippen LogP contribution in [-0.2, 0) is 4.79 Å². The number of rotatable bonds is 5. The Labute approximate surface area is 141 Å². The van der Waals surface area contributed by atoms with Crippen LogP contribution in [0.2, 0.25) is 0 Å². The van der Waals surface area contributed by atoms with Crippen LogP contribution in [0.15, 0.2) is 42.7 Å². The molecule has 0 radical (unpaired) electrons. The number of amides is 1. The fourth-order valence-electron chi connectivity index (χ4n) is 2.25. The minimum atomic E-state index is -0.409. The third-order valence-electron chi connectivity index (χ3n) is 3.81. The highest BCUT2D eigenvalue weighted by Gasteiger charge is 2.18. The highest BCUT2D eigenvalue weighted by molar-refractivity contribution is 5.98. The van der Waals surface area contributed by atoms with Crippen LogP contribution in [0.1, 0.15) is 48.2 Å². The molecule has 0 spiro atoms. The second-order valence-electron chi connectivity index (χ2n) is 5.88. The first kappa shape index (κ1) is 17.4. The van der Waals surface area contributed by atoms with Gasteiger partial charge in [-0.2, -0.15) is 5.26 Å². The Hall–Kier alpha value is -3.00. The van der Waals surface area contributed by atoms with Crippen LogP contribution < -0.4 is 5.32 Å². The van der Waals surface area contributed by atoms with E-state index in [1.54, 1.807) is 37.3 Å². The molecule has 1 unspecified atom stereocenters. The number of aromatic nitrogens is 1. The third kappa shape index (κ3) is 3.85. The Kier molecular flexibility index (Phi) is 5.43. The van der Waals surface area contributed by atoms with Gasteiger partial charge in [-0.25, -0.2) is 0 Å². The van der Waals surface area contributed by atoms with Crippen LogP contribution in [0.4, 0.5) is 5.69 Å². The van der Waals surface area contributed by atoms with Crippen molar-refractivity contribution in [3.05, 3.63) is 59.4 Å². The minimum absolute atomic E-state index is 0.0623. The SMILES string of the molecule is CC(C)C(=O)c1ccc(C(C)C(=O)Nc2ccncc2C#N)cc1. The van der Waals surface area contributed by atoms with E-state index in [1.807, 2.05) is 19.9 Å². The molecule has 0 saturated heterocycles. The van der Waals surface area contributed by atoms with Crippen molar-refractivity contribution in [1.82, 2.24) is 4.98 Å². The van der Waals surface area contributed by atoms with Gasteiger partial charge in [0, 0.05) is 23.9 Å². The molecule has 5 nitrogen and oxygen atoms in total. The van der Waals surface area contributed by atoms with E-state index in [9.17, 15) is 9.59 Å². The van der Waals surface area contributed by atoms with Gasteiger partial charge >= 0.3 is 0 Å². The van der Waals surface area contributed by atoms with Crippen LogP contribution in [-0.4, -0.2) is 16.7 Å². The zero-order valence-corrected chi connectivity index (χ0v) is 13.9. The number of Topliss-reactive ketones (excluding diaryl/α,β-unsaturated/α-hetero) is 1. The summed E-state index contributed by atoms with van der Waals surface area (Å²) in [5, 5.41) is 11.8. The Bertz CT molecular complexity index is 789. The molecule has 122 valence electrons. The molecule has 1 aromatic heterocycles. The van der Waals surface area contributed by atoms with Gasteiger partial charge in [0.15, 0.2) is 5.78 Å². The lowest BCUT2D eigenvalue weighted by Crippen LogP contribution is -2.19. The maximum absolute atomic E-state index is 12.4. The second kappa shape index (κ2) is 7.51. The molecule has 2 aromatic rings. The number of nitrogens with zero attached hydrogens (tertiary/aromatic N) is 2. The van der Waals surface area contributed by atoms with Gasteiger partial charge in [0.1, 0.15) is 6.07 Å². The van der Waals surface area contributed by atoms with E-state index < -0.39 is 5.92 Å². The molecule has 1 aromatic carbocycles. The molecule has 5 heteroatoms. The van der Waals surface area contributed by atoms with Gasteiger partial charge in [0.25, 0.3) is 0 Å². The molecule has 1 heterocycles. The van der Waals surface area contributed by atoms with Crippen LogP contribution in [0.3, 0.4) is 0 Å². The van der Waals surface area contributed by atoms with Crippen LogP contribution in [0.25, 0.3) is 0 Å². The molecule has 0 aliphatic carbocycles. The van der Waals surface area contributed by atoms with E-state index in [2.05, 4.69) is 10.3 Å². The molecule has 24 heavy (non-hydrogen) atoms. The van der Waals surface area contributed by atoms with Gasteiger partial charge < -0.3 is 5.32 Å². The van der Waals surface area contributed by atoms with Crippen LogP contribution >= 0.6 is 0 Å². The lowest BCUT2D eigenvalue weighted by atomic mass is 9.95. The van der Waals surface area contributed by atoms with Crippen molar-refractivity contribution in [3.8, 4) is 6.07 Å². The number of pyridine rings is 1. The van der Waals surface area contributed by atoms with Crippen molar-refractivity contribution in [2.24, 2.45) is 5.92 Å². The first-order chi connectivity index (χ1) is 11.4. The zero-order valence-electron chi connectivity index (χ0n) is 13.9. The molecule has 1 N–H and O–H groups in total. The Morgan fingerprint density at radius 1 is 1.12 bits per heavy atom. The lowest BCUT2D eigenvalue weighted by molar-refractivity contribution is -0.117. The number of carbonyl (C=O) groups is 2. The number of hydrogen-bond acceptors (Lipinski definition) is 4. The van der Waals surface area contributed by atoms with Gasteiger partial charge in [-0.15, -0.1) is 0 Å². The first-order valence-corrected chi connectivity index (χ1v) is 7.73. The molecule has 0 aliphatic rings. The molecule has 2 rings (SSSR count). The van der Waals surface area contributed by atoms with E-state index in [0.29, 0.717) is 16.8 Å². The van der Waals surface area contributed by atoms with Gasteiger partial charge in [0.2, 0.25) is 5.91 Å². The van der Waals surface area contributed by atoms with Gasteiger partial charge in [-0.1, -0.05) is 38.1 Å². The molecule has 1 atom stereocenters. The van der Waals surface area contributed by atoms with Crippen molar-refractivity contribution < 1.29 is 9.59 Å². The van der Waals surface area contributed by atoms with Crippen LogP contribution in [0, 0.1) is 17.2 Å². The van der Waals surface area contributed by atoms with Crippen molar-refractivity contribution in [2.45, 2.75) is 26.7 Å². The second-order valence-corrected chi connectivity index (χ2v) is 5.88.